The molecule has 2 aliphatic heterocycles. The SMILES string of the molecule is CC1(C(N)=O)CC(c2cccc(N3CCN(c4ccccc4)CC3)c2)Nc2c([C]=O)cccc21. The van der Waals surface area contributed by atoms with Gasteiger partial charge < -0.3 is 20.9 Å². The monoisotopic (exact) mass is 453 g/mol. The topological polar surface area (TPSA) is 78.7 Å². The number of fused-ring (bicyclic) bond motifs is 1. The van der Waals surface area contributed by atoms with E-state index in [9.17, 15) is 9.59 Å². The third-order valence-electron chi connectivity index (χ3n) is 7.28. The van der Waals surface area contributed by atoms with Crippen LogP contribution < -0.4 is 20.9 Å². The van der Waals surface area contributed by atoms with Crippen molar-refractivity contribution in [2.24, 2.45) is 5.73 Å². The molecule has 6 nitrogen and oxygen atoms in total. The normalized spacial score (nSPS) is 22.0. The van der Waals surface area contributed by atoms with Crippen molar-refractivity contribution in [1.82, 2.24) is 0 Å². The summed E-state index contributed by atoms with van der Waals surface area (Å²) in [4.78, 5) is 29.0. The number of nitrogens with zero attached hydrogens (tertiary/aromatic N) is 2. The first-order valence-corrected chi connectivity index (χ1v) is 11.7. The summed E-state index contributed by atoms with van der Waals surface area (Å²) in [5, 5.41) is 3.50. The Kier molecular flexibility index (Phi) is 5.74. The summed E-state index contributed by atoms with van der Waals surface area (Å²) < 4.78 is 0. The van der Waals surface area contributed by atoms with Crippen LogP contribution in [0.15, 0.2) is 72.8 Å². The van der Waals surface area contributed by atoms with Gasteiger partial charge in [-0.2, -0.15) is 0 Å². The smallest absolute Gasteiger partial charge is 0.235 e. The number of amides is 1. The predicted molar refractivity (Wildman–Crippen MR) is 136 cm³/mol. The zero-order valence-corrected chi connectivity index (χ0v) is 19.3. The van der Waals surface area contributed by atoms with Gasteiger partial charge in [0, 0.05) is 43.1 Å². The van der Waals surface area contributed by atoms with Gasteiger partial charge in [-0.05, 0) is 54.8 Å². The van der Waals surface area contributed by atoms with Crippen LogP contribution in [0.25, 0.3) is 0 Å². The number of nitrogens with two attached hydrogens (primary N) is 1. The first-order chi connectivity index (χ1) is 16.5. The molecule has 0 aliphatic carbocycles. The maximum atomic E-state index is 12.6. The summed E-state index contributed by atoms with van der Waals surface area (Å²) in [5.74, 6) is -0.392. The van der Waals surface area contributed by atoms with Crippen LogP contribution in [0.1, 0.15) is 36.1 Å². The molecule has 0 bridgehead atoms. The van der Waals surface area contributed by atoms with Crippen molar-refractivity contribution >= 4 is 29.3 Å². The Hall–Kier alpha value is -3.80. The van der Waals surface area contributed by atoms with Crippen LogP contribution in [-0.2, 0) is 15.0 Å². The summed E-state index contributed by atoms with van der Waals surface area (Å²) in [6.07, 6.45) is 2.52. The van der Waals surface area contributed by atoms with Crippen molar-refractivity contribution in [3.8, 4) is 0 Å². The third-order valence-corrected chi connectivity index (χ3v) is 7.28. The van der Waals surface area contributed by atoms with E-state index in [1.54, 1.807) is 12.1 Å². The highest BCUT2D eigenvalue weighted by Crippen LogP contribution is 2.45. The molecule has 3 aromatic carbocycles. The molecule has 3 N–H and O–H groups in total. The molecule has 2 aliphatic rings. The molecule has 1 saturated heterocycles. The number of anilines is 3. The number of carbonyl (C=O) groups excluding carboxylic acids is 2. The van der Waals surface area contributed by atoms with E-state index in [0.717, 1.165) is 43.0 Å². The van der Waals surface area contributed by atoms with Gasteiger partial charge >= 0.3 is 0 Å². The molecule has 1 radical (unpaired) electrons. The molecule has 0 saturated carbocycles. The van der Waals surface area contributed by atoms with Gasteiger partial charge in [-0.3, -0.25) is 9.59 Å². The molecular weight excluding hydrogens is 424 g/mol. The Morgan fingerprint density at radius 2 is 1.59 bits per heavy atom. The lowest BCUT2D eigenvalue weighted by Crippen LogP contribution is -2.46. The Morgan fingerprint density at radius 1 is 0.941 bits per heavy atom. The van der Waals surface area contributed by atoms with Crippen molar-refractivity contribution < 1.29 is 9.59 Å². The molecule has 1 fully saturated rings. The van der Waals surface area contributed by atoms with Crippen molar-refractivity contribution in [1.29, 1.82) is 0 Å². The molecule has 34 heavy (non-hydrogen) atoms. The highest BCUT2D eigenvalue weighted by molar-refractivity contribution is 5.94. The van der Waals surface area contributed by atoms with Crippen LogP contribution in [0.2, 0.25) is 0 Å². The van der Waals surface area contributed by atoms with Gasteiger partial charge in [0.15, 0.2) is 0 Å². The fourth-order valence-electron chi connectivity index (χ4n) is 5.23. The largest absolute Gasteiger partial charge is 0.377 e. The van der Waals surface area contributed by atoms with Gasteiger partial charge in [0.1, 0.15) is 0 Å². The molecule has 5 rings (SSSR count). The van der Waals surface area contributed by atoms with E-state index in [1.165, 1.54) is 5.69 Å². The molecular formula is C28H29N4O2. The summed E-state index contributed by atoms with van der Waals surface area (Å²) in [6, 6.07) is 24.2. The molecule has 173 valence electrons. The minimum atomic E-state index is -0.880. The summed E-state index contributed by atoms with van der Waals surface area (Å²) in [7, 11) is 0. The quantitative estimate of drug-likeness (QED) is 0.615. The van der Waals surface area contributed by atoms with E-state index in [2.05, 4.69) is 63.6 Å². The second-order valence-electron chi connectivity index (χ2n) is 9.33. The van der Waals surface area contributed by atoms with Crippen LogP contribution in [0.5, 0.6) is 0 Å². The summed E-state index contributed by atoms with van der Waals surface area (Å²) in [5.41, 5.74) is 10.3. The minimum Gasteiger partial charge on any atom is -0.377 e. The van der Waals surface area contributed by atoms with Crippen LogP contribution >= 0.6 is 0 Å². The number of rotatable bonds is 5. The number of hydrogen-bond donors (Lipinski definition) is 2. The van der Waals surface area contributed by atoms with E-state index in [4.69, 9.17) is 5.73 Å². The van der Waals surface area contributed by atoms with Gasteiger partial charge in [0.05, 0.1) is 17.1 Å². The van der Waals surface area contributed by atoms with E-state index in [1.807, 2.05) is 25.3 Å². The summed E-state index contributed by atoms with van der Waals surface area (Å²) >= 11 is 0. The third kappa shape index (κ3) is 3.89. The highest BCUT2D eigenvalue weighted by Gasteiger charge is 2.42. The van der Waals surface area contributed by atoms with Gasteiger partial charge in [0.25, 0.3) is 0 Å². The molecule has 0 aromatic heterocycles. The van der Waals surface area contributed by atoms with Gasteiger partial charge in [-0.25, -0.2) is 0 Å². The summed E-state index contributed by atoms with van der Waals surface area (Å²) in [6.45, 7) is 5.65. The van der Waals surface area contributed by atoms with Crippen LogP contribution in [0.3, 0.4) is 0 Å². The molecule has 0 spiro atoms. The van der Waals surface area contributed by atoms with Crippen molar-refractivity contribution in [3.63, 3.8) is 0 Å². The lowest BCUT2D eigenvalue weighted by Gasteiger charge is -2.40. The zero-order chi connectivity index (χ0) is 23.7. The van der Waals surface area contributed by atoms with Gasteiger partial charge in [0.2, 0.25) is 12.2 Å². The Labute approximate surface area is 200 Å². The van der Waals surface area contributed by atoms with Crippen LogP contribution in [0.4, 0.5) is 17.1 Å². The van der Waals surface area contributed by atoms with Crippen molar-refractivity contribution in [2.45, 2.75) is 24.8 Å². The predicted octanol–water partition coefficient (Wildman–Crippen LogP) is 3.77. The lowest BCUT2D eigenvalue weighted by atomic mass is 9.71. The number of benzene rings is 3. The maximum absolute atomic E-state index is 12.6. The molecule has 2 unspecified atom stereocenters. The van der Waals surface area contributed by atoms with Gasteiger partial charge in [-0.1, -0.05) is 42.5 Å². The molecule has 2 atom stereocenters. The Bertz CT molecular complexity index is 1200. The molecule has 3 aromatic rings. The van der Waals surface area contributed by atoms with Gasteiger partial charge in [-0.15, -0.1) is 0 Å². The molecule has 6 heteroatoms. The Balaban J connectivity index is 1.39. The number of primary amides is 1. The maximum Gasteiger partial charge on any atom is 0.235 e. The first kappa shape index (κ1) is 22.0. The lowest BCUT2D eigenvalue weighted by molar-refractivity contribution is -0.123. The van der Waals surface area contributed by atoms with E-state index >= 15 is 0 Å². The number of piperazine rings is 1. The van der Waals surface area contributed by atoms with Crippen LogP contribution in [-0.4, -0.2) is 38.4 Å². The van der Waals surface area contributed by atoms with Crippen molar-refractivity contribution in [2.75, 3.05) is 41.3 Å². The second-order valence-corrected chi connectivity index (χ2v) is 9.33. The number of nitrogens with one attached hydrogen (secondary N) is 1. The Morgan fingerprint density at radius 3 is 2.26 bits per heavy atom. The average molecular weight is 454 g/mol. The average Bonchev–Trinajstić information content (AvgIpc) is 2.89. The van der Waals surface area contributed by atoms with Crippen LogP contribution in [0, 0.1) is 0 Å². The zero-order valence-electron chi connectivity index (χ0n) is 19.3. The van der Waals surface area contributed by atoms with E-state index < -0.39 is 11.3 Å². The number of hydrogen-bond acceptors (Lipinski definition) is 5. The molecule has 2 heterocycles. The highest BCUT2D eigenvalue weighted by atomic mass is 16.1. The fraction of sp³-hybridized carbons (Fsp3) is 0.286. The fourth-order valence-corrected chi connectivity index (χ4v) is 5.23. The van der Waals surface area contributed by atoms with Crippen molar-refractivity contribution in [3.05, 3.63) is 89.5 Å². The standard InChI is InChI=1S/C28H29N4O2/c1-28(27(29)34)18-25(30-26-21(19-33)8-6-12-24(26)28)20-7-5-11-23(17-20)32-15-13-31(14-16-32)22-9-3-2-4-10-22/h2-12,17,25,30H,13-16,18H2,1H3,(H2,29,34). The first-order valence-electron chi connectivity index (χ1n) is 11.7. The number of para-hydroxylation sites is 2. The minimum absolute atomic E-state index is 0.148. The van der Waals surface area contributed by atoms with E-state index in [-0.39, 0.29) is 6.04 Å². The second kappa shape index (κ2) is 8.86. The number of carbonyl (C=O) groups is 1. The van der Waals surface area contributed by atoms with E-state index in [0.29, 0.717) is 17.7 Å². The molecule has 1 amide bonds.